The molecule has 0 aliphatic carbocycles. The number of fused-ring (bicyclic) bond motifs is 6. The molecule has 37 heavy (non-hydrogen) atoms. The van der Waals surface area contributed by atoms with Crippen LogP contribution in [0.15, 0.2) is 84.9 Å². The molecule has 0 amide bonds. The van der Waals surface area contributed by atoms with E-state index in [-0.39, 0.29) is 5.69 Å². The summed E-state index contributed by atoms with van der Waals surface area (Å²) in [5.74, 6) is 0.501. The SMILES string of the molecule is CN(C)c1ccc2c(c1)Oc1ccc(Nc3ccccc3C(F)(F)F)cc1C21OC(=O)c2ccccc21. The van der Waals surface area contributed by atoms with Crippen LogP contribution < -0.4 is 15.0 Å². The summed E-state index contributed by atoms with van der Waals surface area (Å²) in [5, 5.41) is 2.90. The number of carbonyl (C=O) groups is 1. The molecular formula is C29H21F3N2O3. The Bertz CT molecular complexity index is 1560. The Hall–Kier alpha value is -4.46. The monoisotopic (exact) mass is 502 g/mol. The number of carbonyl (C=O) groups excluding carboxylic acids is 1. The van der Waals surface area contributed by atoms with Crippen molar-refractivity contribution in [3.05, 3.63) is 113 Å². The highest BCUT2D eigenvalue weighted by atomic mass is 19.4. The van der Waals surface area contributed by atoms with Gasteiger partial charge in [-0.3, -0.25) is 0 Å². The normalized spacial score (nSPS) is 17.4. The topological polar surface area (TPSA) is 50.8 Å². The van der Waals surface area contributed by atoms with Crippen molar-refractivity contribution in [2.24, 2.45) is 0 Å². The Balaban J connectivity index is 1.55. The average molecular weight is 502 g/mol. The lowest BCUT2D eigenvalue weighted by Gasteiger charge is -2.37. The number of hydrogen-bond donors (Lipinski definition) is 1. The Morgan fingerprint density at radius 1 is 0.811 bits per heavy atom. The van der Waals surface area contributed by atoms with Crippen molar-refractivity contribution >= 4 is 23.0 Å². The van der Waals surface area contributed by atoms with Gasteiger partial charge in [0.15, 0.2) is 5.60 Å². The molecule has 0 saturated carbocycles. The number of ether oxygens (including phenoxy) is 2. The van der Waals surface area contributed by atoms with Gasteiger partial charge in [0, 0.05) is 48.2 Å². The smallest absolute Gasteiger partial charge is 0.418 e. The molecule has 1 atom stereocenters. The fourth-order valence-electron chi connectivity index (χ4n) is 5.01. The lowest BCUT2D eigenvalue weighted by molar-refractivity contribution is -0.136. The fourth-order valence-corrected chi connectivity index (χ4v) is 5.01. The lowest BCUT2D eigenvalue weighted by Crippen LogP contribution is -2.33. The van der Waals surface area contributed by atoms with Crippen LogP contribution in [0.25, 0.3) is 0 Å². The number of rotatable bonds is 3. The third-order valence-corrected chi connectivity index (χ3v) is 6.72. The molecule has 0 fully saturated rings. The third kappa shape index (κ3) is 3.51. The maximum atomic E-state index is 13.6. The van der Waals surface area contributed by atoms with Gasteiger partial charge in [-0.15, -0.1) is 0 Å². The highest BCUT2D eigenvalue weighted by Gasteiger charge is 2.53. The van der Waals surface area contributed by atoms with E-state index in [1.54, 1.807) is 30.3 Å². The van der Waals surface area contributed by atoms with Gasteiger partial charge in [-0.1, -0.05) is 30.3 Å². The summed E-state index contributed by atoms with van der Waals surface area (Å²) in [7, 11) is 3.83. The third-order valence-electron chi connectivity index (χ3n) is 6.72. The molecule has 0 radical (unpaired) electrons. The standard InChI is InChI=1S/C29H21F3N2O3/c1-34(2)18-12-13-22-26(16-18)36-25-14-11-17(33-24-10-6-5-9-21(24)29(30,31)32)15-23(25)28(22)20-8-4-3-7-19(20)27(35)37-28/h3-16,33H,1-2H3. The van der Waals surface area contributed by atoms with Crippen molar-refractivity contribution in [1.82, 2.24) is 0 Å². The molecule has 1 unspecified atom stereocenters. The zero-order valence-corrected chi connectivity index (χ0v) is 19.9. The van der Waals surface area contributed by atoms with E-state index >= 15 is 0 Å². The molecule has 2 heterocycles. The van der Waals surface area contributed by atoms with Crippen LogP contribution in [0, 0.1) is 0 Å². The van der Waals surface area contributed by atoms with E-state index in [1.807, 2.05) is 49.3 Å². The summed E-state index contributed by atoms with van der Waals surface area (Å²) >= 11 is 0. The van der Waals surface area contributed by atoms with Crippen LogP contribution in [0.5, 0.6) is 11.5 Å². The molecule has 2 aliphatic rings. The molecule has 1 spiro atoms. The van der Waals surface area contributed by atoms with Gasteiger partial charge in [-0.05, 0) is 48.5 Å². The van der Waals surface area contributed by atoms with E-state index in [1.165, 1.54) is 18.2 Å². The summed E-state index contributed by atoms with van der Waals surface area (Å²) in [5.41, 5.74) is 1.35. The minimum Gasteiger partial charge on any atom is -0.456 e. The first-order chi connectivity index (χ1) is 17.7. The molecular weight excluding hydrogens is 481 g/mol. The van der Waals surface area contributed by atoms with Gasteiger partial charge in [-0.2, -0.15) is 13.2 Å². The number of nitrogens with one attached hydrogen (secondary N) is 1. The number of anilines is 3. The van der Waals surface area contributed by atoms with Crippen LogP contribution >= 0.6 is 0 Å². The van der Waals surface area contributed by atoms with E-state index in [4.69, 9.17) is 9.47 Å². The van der Waals surface area contributed by atoms with E-state index in [0.29, 0.717) is 39.4 Å². The summed E-state index contributed by atoms with van der Waals surface area (Å²) < 4.78 is 53.2. The molecule has 6 rings (SSSR count). The van der Waals surface area contributed by atoms with Gasteiger partial charge in [-0.25, -0.2) is 4.79 Å². The molecule has 4 aromatic rings. The number of esters is 1. The van der Waals surface area contributed by atoms with Crippen molar-refractivity contribution in [2.75, 3.05) is 24.3 Å². The van der Waals surface area contributed by atoms with Gasteiger partial charge in [0.25, 0.3) is 0 Å². The largest absolute Gasteiger partial charge is 0.456 e. The second-order valence-electron chi connectivity index (χ2n) is 9.17. The second-order valence-corrected chi connectivity index (χ2v) is 9.17. The van der Waals surface area contributed by atoms with Crippen LogP contribution in [0.3, 0.4) is 0 Å². The van der Waals surface area contributed by atoms with E-state index in [0.717, 1.165) is 11.8 Å². The Morgan fingerprint density at radius 3 is 2.35 bits per heavy atom. The molecule has 2 aliphatic heterocycles. The van der Waals surface area contributed by atoms with Gasteiger partial charge in [0.2, 0.25) is 0 Å². The van der Waals surface area contributed by atoms with Gasteiger partial charge in [0.05, 0.1) is 16.8 Å². The molecule has 8 heteroatoms. The van der Waals surface area contributed by atoms with E-state index < -0.39 is 23.3 Å². The predicted molar refractivity (Wildman–Crippen MR) is 134 cm³/mol. The van der Waals surface area contributed by atoms with Crippen molar-refractivity contribution < 1.29 is 27.4 Å². The Morgan fingerprint density at radius 2 is 1.57 bits per heavy atom. The summed E-state index contributed by atoms with van der Waals surface area (Å²) in [4.78, 5) is 15.0. The quantitative estimate of drug-likeness (QED) is 0.303. The van der Waals surface area contributed by atoms with Crippen LogP contribution in [-0.4, -0.2) is 20.1 Å². The number of para-hydroxylation sites is 1. The number of alkyl halides is 3. The molecule has 0 aromatic heterocycles. The van der Waals surface area contributed by atoms with E-state index in [2.05, 4.69) is 5.32 Å². The maximum absolute atomic E-state index is 13.6. The van der Waals surface area contributed by atoms with Crippen molar-refractivity contribution in [3.8, 4) is 11.5 Å². The van der Waals surface area contributed by atoms with Crippen LogP contribution in [0.4, 0.5) is 30.2 Å². The Labute approximate surface area is 211 Å². The van der Waals surface area contributed by atoms with Crippen LogP contribution in [0.1, 0.15) is 32.6 Å². The van der Waals surface area contributed by atoms with Crippen LogP contribution in [0.2, 0.25) is 0 Å². The zero-order valence-electron chi connectivity index (χ0n) is 19.9. The minimum absolute atomic E-state index is 0.0828. The second kappa shape index (κ2) is 8.03. The Kier molecular flexibility index (Phi) is 4.98. The molecule has 5 nitrogen and oxygen atoms in total. The number of benzene rings is 4. The van der Waals surface area contributed by atoms with Crippen molar-refractivity contribution in [3.63, 3.8) is 0 Å². The van der Waals surface area contributed by atoms with Crippen molar-refractivity contribution in [1.29, 1.82) is 0 Å². The maximum Gasteiger partial charge on any atom is 0.418 e. The van der Waals surface area contributed by atoms with Crippen LogP contribution in [-0.2, 0) is 16.5 Å². The summed E-state index contributed by atoms with van der Waals surface area (Å²) in [6.45, 7) is 0. The number of hydrogen-bond acceptors (Lipinski definition) is 5. The lowest BCUT2D eigenvalue weighted by atomic mass is 9.77. The molecule has 186 valence electrons. The van der Waals surface area contributed by atoms with E-state index in [9.17, 15) is 18.0 Å². The number of halogens is 3. The fraction of sp³-hybridized carbons (Fsp3) is 0.138. The first-order valence-corrected chi connectivity index (χ1v) is 11.6. The minimum atomic E-state index is -4.52. The molecule has 4 aromatic carbocycles. The van der Waals surface area contributed by atoms with Crippen molar-refractivity contribution in [2.45, 2.75) is 11.8 Å². The predicted octanol–water partition coefficient (Wildman–Crippen LogP) is 7.08. The highest BCUT2D eigenvalue weighted by Crippen LogP contribution is 2.57. The number of nitrogens with zero attached hydrogens (tertiary/aromatic N) is 1. The average Bonchev–Trinajstić information content (AvgIpc) is 3.17. The summed E-state index contributed by atoms with van der Waals surface area (Å²) in [6.07, 6.45) is -4.52. The van der Waals surface area contributed by atoms with Gasteiger partial charge < -0.3 is 19.7 Å². The van der Waals surface area contributed by atoms with Gasteiger partial charge >= 0.3 is 12.1 Å². The molecule has 1 N–H and O–H groups in total. The zero-order chi connectivity index (χ0) is 25.9. The first kappa shape index (κ1) is 23.0. The van der Waals surface area contributed by atoms with Gasteiger partial charge in [0.1, 0.15) is 11.5 Å². The molecule has 0 bridgehead atoms. The highest BCUT2D eigenvalue weighted by molar-refractivity contribution is 5.97. The first-order valence-electron chi connectivity index (χ1n) is 11.6. The molecule has 0 saturated heterocycles. The summed E-state index contributed by atoms with van der Waals surface area (Å²) in [6, 6.07) is 23.1.